The van der Waals surface area contributed by atoms with Crippen LogP contribution in [-0.2, 0) is 4.79 Å². The fourth-order valence-electron chi connectivity index (χ4n) is 8.08. The Kier molecular flexibility index (Phi) is 46.5. The Labute approximate surface area is 356 Å². The Balaban J connectivity index is 3.58. The van der Waals surface area contributed by atoms with Crippen molar-refractivity contribution in [2.24, 2.45) is 0 Å². The molecule has 0 rings (SSSR count). The first-order valence-electron chi connectivity index (χ1n) is 25.6. The molecule has 3 atom stereocenters. The summed E-state index contributed by atoms with van der Waals surface area (Å²) >= 11 is 0. The van der Waals surface area contributed by atoms with Crippen LogP contribution >= 0.6 is 0 Å². The van der Waals surface area contributed by atoms with E-state index in [-0.39, 0.29) is 18.9 Å². The lowest BCUT2D eigenvalue weighted by Crippen LogP contribution is -2.46. The number of unbranched alkanes of at least 4 members (excludes halogenated alkanes) is 34. The van der Waals surface area contributed by atoms with Crippen molar-refractivity contribution in [3.63, 3.8) is 0 Å². The Morgan fingerprint density at radius 3 is 1.11 bits per heavy atom. The van der Waals surface area contributed by atoms with E-state index in [9.17, 15) is 20.1 Å². The van der Waals surface area contributed by atoms with Crippen LogP contribution < -0.4 is 5.32 Å². The fourth-order valence-corrected chi connectivity index (χ4v) is 8.08. The molecule has 5 nitrogen and oxygen atoms in total. The lowest BCUT2D eigenvalue weighted by molar-refractivity contribution is -0.125. The summed E-state index contributed by atoms with van der Waals surface area (Å²) in [7, 11) is 0. The molecule has 0 radical (unpaired) electrons. The zero-order chi connectivity index (χ0) is 41.5. The van der Waals surface area contributed by atoms with Gasteiger partial charge in [0.05, 0.1) is 31.3 Å². The highest BCUT2D eigenvalue weighted by Gasteiger charge is 2.21. The van der Waals surface area contributed by atoms with E-state index < -0.39 is 18.2 Å². The molecule has 0 saturated carbocycles. The first-order valence-corrected chi connectivity index (χ1v) is 25.6. The highest BCUT2D eigenvalue weighted by atomic mass is 16.3. The van der Waals surface area contributed by atoms with Crippen molar-refractivity contribution in [2.45, 2.75) is 295 Å². The van der Waals surface area contributed by atoms with Crippen molar-refractivity contribution in [3.05, 3.63) is 24.3 Å². The van der Waals surface area contributed by atoms with Gasteiger partial charge in [0.1, 0.15) is 0 Å². The Hall–Kier alpha value is -1.17. The molecule has 338 valence electrons. The van der Waals surface area contributed by atoms with Gasteiger partial charge in [-0.05, 0) is 44.9 Å². The predicted molar refractivity (Wildman–Crippen MR) is 250 cm³/mol. The maximum Gasteiger partial charge on any atom is 0.222 e. The van der Waals surface area contributed by atoms with Crippen LogP contribution in [0.5, 0.6) is 0 Å². The largest absolute Gasteiger partial charge is 0.394 e. The molecule has 0 aliphatic heterocycles. The highest BCUT2D eigenvalue weighted by molar-refractivity contribution is 5.76. The lowest BCUT2D eigenvalue weighted by Gasteiger charge is -2.23. The molecule has 0 aromatic heterocycles. The number of allylic oxidation sites excluding steroid dienone is 4. The summed E-state index contributed by atoms with van der Waals surface area (Å²) in [5, 5.41) is 33.5. The summed E-state index contributed by atoms with van der Waals surface area (Å²) in [4.78, 5) is 12.5. The maximum atomic E-state index is 12.5. The van der Waals surface area contributed by atoms with Crippen LogP contribution in [0, 0.1) is 0 Å². The van der Waals surface area contributed by atoms with Crippen LogP contribution in [0.15, 0.2) is 24.3 Å². The topological polar surface area (TPSA) is 89.8 Å². The number of rotatable bonds is 47. The second-order valence-corrected chi connectivity index (χ2v) is 17.8. The van der Waals surface area contributed by atoms with E-state index in [4.69, 9.17) is 0 Å². The zero-order valence-corrected chi connectivity index (χ0v) is 38.5. The highest BCUT2D eigenvalue weighted by Crippen LogP contribution is 2.17. The van der Waals surface area contributed by atoms with Gasteiger partial charge in [0.25, 0.3) is 0 Å². The number of hydrogen-bond donors (Lipinski definition) is 4. The molecule has 0 spiro atoms. The van der Waals surface area contributed by atoms with Crippen LogP contribution in [0.1, 0.15) is 277 Å². The van der Waals surface area contributed by atoms with Gasteiger partial charge in [0.15, 0.2) is 0 Å². The van der Waals surface area contributed by atoms with Gasteiger partial charge in [-0.15, -0.1) is 0 Å². The molecule has 0 saturated heterocycles. The summed E-state index contributed by atoms with van der Waals surface area (Å²) < 4.78 is 0. The van der Waals surface area contributed by atoms with Crippen molar-refractivity contribution in [1.29, 1.82) is 0 Å². The molecular formula is C52H101NO4. The standard InChI is InChI=1S/C52H101NO4/c1-3-5-7-9-11-13-15-17-19-21-23-24-25-26-28-29-31-33-35-37-39-41-43-45-49(55)47-52(57)53-50(48-54)51(56)46-44-42-40-38-36-34-32-30-27-22-20-18-16-14-12-10-8-6-4-2/h23-24,26,28,49-51,54-56H,3-22,25,27,29-48H2,1-2H3,(H,53,57)/b24-23-,28-26-. The molecule has 0 bridgehead atoms. The van der Waals surface area contributed by atoms with Gasteiger partial charge < -0.3 is 20.6 Å². The number of carbonyl (C=O) groups is 1. The number of aliphatic hydroxyl groups excluding tert-OH is 3. The fraction of sp³-hybridized carbons (Fsp3) is 0.904. The van der Waals surface area contributed by atoms with Crippen LogP contribution in [0.3, 0.4) is 0 Å². The van der Waals surface area contributed by atoms with E-state index in [0.717, 1.165) is 32.1 Å². The van der Waals surface area contributed by atoms with Crippen molar-refractivity contribution in [3.8, 4) is 0 Å². The van der Waals surface area contributed by atoms with Crippen molar-refractivity contribution in [2.75, 3.05) is 6.61 Å². The summed E-state index contributed by atoms with van der Waals surface area (Å²) in [6.07, 6.45) is 58.8. The van der Waals surface area contributed by atoms with Crippen LogP contribution in [0.25, 0.3) is 0 Å². The van der Waals surface area contributed by atoms with Gasteiger partial charge in [-0.1, -0.05) is 250 Å². The van der Waals surface area contributed by atoms with Crippen molar-refractivity contribution < 1.29 is 20.1 Å². The molecule has 3 unspecified atom stereocenters. The number of carbonyl (C=O) groups excluding carboxylic acids is 1. The minimum atomic E-state index is -0.751. The molecule has 4 N–H and O–H groups in total. The van der Waals surface area contributed by atoms with Crippen LogP contribution in [0.2, 0.25) is 0 Å². The van der Waals surface area contributed by atoms with E-state index >= 15 is 0 Å². The normalized spacial score (nSPS) is 13.6. The molecule has 0 aliphatic rings. The van der Waals surface area contributed by atoms with Crippen LogP contribution in [0.4, 0.5) is 0 Å². The van der Waals surface area contributed by atoms with Gasteiger partial charge in [0.2, 0.25) is 5.91 Å². The lowest BCUT2D eigenvalue weighted by atomic mass is 10.0. The second-order valence-electron chi connectivity index (χ2n) is 17.8. The third kappa shape index (κ3) is 44.2. The third-order valence-electron chi connectivity index (χ3n) is 12.0. The van der Waals surface area contributed by atoms with Crippen LogP contribution in [-0.4, -0.2) is 46.1 Å². The average Bonchev–Trinajstić information content (AvgIpc) is 3.20. The molecule has 57 heavy (non-hydrogen) atoms. The molecular weight excluding hydrogens is 703 g/mol. The van der Waals surface area contributed by atoms with E-state index in [2.05, 4.69) is 43.5 Å². The number of hydrogen-bond acceptors (Lipinski definition) is 4. The van der Waals surface area contributed by atoms with E-state index in [1.165, 1.54) is 212 Å². The predicted octanol–water partition coefficient (Wildman–Crippen LogP) is 15.3. The molecule has 0 fully saturated rings. The van der Waals surface area contributed by atoms with Crippen molar-refractivity contribution >= 4 is 5.91 Å². The first-order chi connectivity index (χ1) is 28.0. The van der Waals surface area contributed by atoms with Crippen molar-refractivity contribution in [1.82, 2.24) is 5.32 Å². The summed E-state index contributed by atoms with van der Waals surface area (Å²) in [5.74, 6) is -0.284. The van der Waals surface area contributed by atoms with Gasteiger partial charge in [-0.2, -0.15) is 0 Å². The van der Waals surface area contributed by atoms with E-state index in [1.54, 1.807) is 0 Å². The first kappa shape index (κ1) is 55.8. The maximum absolute atomic E-state index is 12.5. The minimum Gasteiger partial charge on any atom is -0.394 e. The van der Waals surface area contributed by atoms with Gasteiger partial charge >= 0.3 is 0 Å². The van der Waals surface area contributed by atoms with Gasteiger partial charge in [0, 0.05) is 0 Å². The number of nitrogens with one attached hydrogen (secondary N) is 1. The Morgan fingerprint density at radius 2 is 0.754 bits per heavy atom. The summed E-state index contributed by atoms with van der Waals surface area (Å²) in [6, 6.07) is -0.660. The second kappa shape index (κ2) is 47.5. The molecule has 0 aromatic rings. The van der Waals surface area contributed by atoms with Gasteiger partial charge in [-0.3, -0.25) is 4.79 Å². The Bertz CT molecular complexity index is 844. The minimum absolute atomic E-state index is 0.0328. The summed E-state index contributed by atoms with van der Waals surface area (Å²) in [6.45, 7) is 4.28. The number of amides is 1. The molecule has 5 heteroatoms. The molecule has 0 aromatic carbocycles. The van der Waals surface area contributed by atoms with Gasteiger partial charge in [-0.25, -0.2) is 0 Å². The molecule has 0 aliphatic carbocycles. The molecule has 1 amide bonds. The summed E-state index contributed by atoms with van der Waals surface area (Å²) in [5.41, 5.74) is 0. The van der Waals surface area contributed by atoms with E-state index in [1.807, 2.05) is 0 Å². The zero-order valence-electron chi connectivity index (χ0n) is 38.5. The quantitative estimate of drug-likeness (QED) is 0.0364. The monoisotopic (exact) mass is 804 g/mol. The average molecular weight is 804 g/mol. The SMILES string of the molecule is CCCCCCCCCCC/C=C\C/C=C\CCCCCCCCCC(O)CC(=O)NC(CO)C(O)CCCCCCCCCCCCCCCCCCCCC. The smallest absolute Gasteiger partial charge is 0.222 e. The van der Waals surface area contributed by atoms with E-state index in [0.29, 0.717) is 12.8 Å². The molecule has 0 heterocycles. The number of aliphatic hydroxyl groups is 3. The third-order valence-corrected chi connectivity index (χ3v) is 12.0. The Morgan fingerprint density at radius 1 is 0.439 bits per heavy atom.